The van der Waals surface area contributed by atoms with Gasteiger partial charge in [-0.2, -0.15) is 15.2 Å². The molecule has 0 fully saturated rings. The van der Waals surface area contributed by atoms with Crippen molar-refractivity contribution in [2.24, 2.45) is 0 Å². The standard InChI is InChI=1S/C7H10N8O/c1-16-6-2-4(10-7(8)11-6)9-3-5-12-14-15-13-5/h2H,3H2,1H3,(H3,8,9,10,11)(H,12,13,14,15). The predicted molar refractivity (Wildman–Crippen MR) is 54.5 cm³/mol. The lowest BCUT2D eigenvalue weighted by Gasteiger charge is -2.05. The summed E-state index contributed by atoms with van der Waals surface area (Å²) in [7, 11) is 1.50. The average molecular weight is 222 g/mol. The molecule has 9 nitrogen and oxygen atoms in total. The third-order valence-electron chi connectivity index (χ3n) is 1.75. The van der Waals surface area contributed by atoms with Crippen molar-refractivity contribution in [1.82, 2.24) is 30.6 Å². The summed E-state index contributed by atoms with van der Waals surface area (Å²) in [5, 5.41) is 16.3. The van der Waals surface area contributed by atoms with E-state index in [1.807, 2.05) is 0 Å². The Bertz CT molecular complexity index is 455. The molecule has 0 aliphatic rings. The Morgan fingerprint density at radius 2 is 2.38 bits per heavy atom. The van der Waals surface area contributed by atoms with Crippen LogP contribution in [0.1, 0.15) is 5.82 Å². The monoisotopic (exact) mass is 222 g/mol. The summed E-state index contributed by atoms with van der Waals surface area (Å²) in [5.41, 5.74) is 5.49. The predicted octanol–water partition coefficient (Wildman–Crippen LogP) is -0.807. The molecule has 0 aliphatic carbocycles. The van der Waals surface area contributed by atoms with Crippen molar-refractivity contribution in [1.29, 1.82) is 0 Å². The second-order valence-corrected chi connectivity index (χ2v) is 2.84. The molecule has 0 radical (unpaired) electrons. The number of aromatic amines is 1. The van der Waals surface area contributed by atoms with Gasteiger partial charge in [0, 0.05) is 6.07 Å². The Labute approximate surface area is 90.4 Å². The molecule has 0 saturated heterocycles. The molecule has 0 amide bonds. The highest BCUT2D eigenvalue weighted by atomic mass is 16.5. The third-order valence-corrected chi connectivity index (χ3v) is 1.75. The van der Waals surface area contributed by atoms with Crippen LogP contribution in [0.2, 0.25) is 0 Å². The average Bonchev–Trinajstić information content (AvgIpc) is 2.78. The van der Waals surface area contributed by atoms with Crippen LogP contribution in [0, 0.1) is 0 Å². The normalized spacial score (nSPS) is 10.1. The van der Waals surface area contributed by atoms with Crippen molar-refractivity contribution in [2.75, 3.05) is 18.2 Å². The van der Waals surface area contributed by atoms with Crippen LogP contribution in [0.15, 0.2) is 6.07 Å². The van der Waals surface area contributed by atoms with Gasteiger partial charge in [-0.3, -0.25) is 0 Å². The Hall–Kier alpha value is -2.45. The third kappa shape index (κ3) is 2.32. The number of nitrogens with two attached hydrogens (primary N) is 1. The molecule has 0 unspecified atom stereocenters. The molecular weight excluding hydrogens is 212 g/mol. The molecule has 0 aromatic carbocycles. The van der Waals surface area contributed by atoms with Crippen LogP contribution in [-0.2, 0) is 6.54 Å². The van der Waals surface area contributed by atoms with E-state index in [1.54, 1.807) is 6.07 Å². The van der Waals surface area contributed by atoms with Crippen LogP contribution < -0.4 is 15.8 Å². The largest absolute Gasteiger partial charge is 0.481 e. The van der Waals surface area contributed by atoms with Gasteiger partial charge >= 0.3 is 0 Å². The van der Waals surface area contributed by atoms with Gasteiger partial charge < -0.3 is 15.8 Å². The number of nitrogens with zero attached hydrogens (tertiary/aromatic N) is 5. The van der Waals surface area contributed by atoms with Gasteiger partial charge in [-0.15, -0.1) is 10.2 Å². The van der Waals surface area contributed by atoms with Crippen molar-refractivity contribution < 1.29 is 4.74 Å². The SMILES string of the molecule is COc1cc(NCc2nn[nH]n2)nc(N)n1. The molecule has 2 heterocycles. The van der Waals surface area contributed by atoms with Gasteiger partial charge in [0.25, 0.3) is 0 Å². The smallest absolute Gasteiger partial charge is 0.225 e. The van der Waals surface area contributed by atoms with Gasteiger partial charge in [0.05, 0.1) is 13.7 Å². The van der Waals surface area contributed by atoms with E-state index in [0.717, 1.165) is 0 Å². The minimum absolute atomic E-state index is 0.134. The van der Waals surface area contributed by atoms with Crippen LogP contribution in [0.3, 0.4) is 0 Å². The first-order valence-electron chi connectivity index (χ1n) is 4.42. The molecule has 9 heteroatoms. The van der Waals surface area contributed by atoms with Gasteiger partial charge in [-0.05, 0) is 0 Å². The Morgan fingerprint density at radius 1 is 1.50 bits per heavy atom. The molecule has 0 spiro atoms. The minimum Gasteiger partial charge on any atom is -0.481 e. The van der Waals surface area contributed by atoms with E-state index in [1.165, 1.54) is 7.11 Å². The maximum absolute atomic E-state index is 5.49. The van der Waals surface area contributed by atoms with Gasteiger partial charge in [-0.1, -0.05) is 5.21 Å². The zero-order valence-electron chi connectivity index (χ0n) is 8.51. The molecule has 2 rings (SSSR count). The lowest BCUT2D eigenvalue weighted by Crippen LogP contribution is -2.06. The molecule has 0 saturated carbocycles. The summed E-state index contributed by atoms with van der Waals surface area (Å²) < 4.78 is 4.95. The van der Waals surface area contributed by atoms with Crippen LogP contribution in [0.4, 0.5) is 11.8 Å². The van der Waals surface area contributed by atoms with Crippen LogP contribution in [0.25, 0.3) is 0 Å². The number of anilines is 2. The summed E-state index contributed by atoms with van der Waals surface area (Å²) in [6.07, 6.45) is 0. The van der Waals surface area contributed by atoms with Gasteiger partial charge in [0.15, 0.2) is 5.82 Å². The van der Waals surface area contributed by atoms with Crippen molar-refractivity contribution in [3.63, 3.8) is 0 Å². The molecule has 2 aromatic heterocycles. The molecule has 0 bridgehead atoms. The fraction of sp³-hybridized carbons (Fsp3) is 0.286. The lowest BCUT2D eigenvalue weighted by atomic mass is 10.5. The first-order chi connectivity index (χ1) is 7.78. The zero-order valence-corrected chi connectivity index (χ0v) is 8.51. The second kappa shape index (κ2) is 4.38. The first-order valence-corrected chi connectivity index (χ1v) is 4.42. The van der Waals surface area contributed by atoms with Gasteiger partial charge in [0.2, 0.25) is 11.8 Å². The van der Waals surface area contributed by atoms with Gasteiger partial charge in [-0.25, -0.2) is 0 Å². The molecular formula is C7H10N8O. The number of aromatic nitrogens is 6. The number of ether oxygens (including phenoxy) is 1. The fourth-order valence-corrected chi connectivity index (χ4v) is 1.06. The maximum Gasteiger partial charge on any atom is 0.225 e. The Morgan fingerprint density at radius 3 is 3.06 bits per heavy atom. The summed E-state index contributed by atoms with van der Waals surface area (Å²) in [6.45, 7) is 0.385. The number of nitrogens with one attached hydrogen (secondary N) is 2. The first kappa shape index (κ1) is 10.1. The molecule has 16 heavy (non-hydrogen) atoms. The molecule has 4 N–H and O–H groups in total. The van der Waals surface area contributed by atoms with Crippen molar-refractivity contribution in [3.05, 3.63) is 11.9 Å². The Kier molecular flexibility index (Phi) is 2.76. The van der Waals surface area contributed by atoms with Crippen LogP contribution >= 0.6 is 0 Å². The summed E-state index contributed by atoms with van der Waals surface area (Å²) in [4.78, 5) is 7.82. The highest BCUT2D eigenvalue weighted by molar-refractivity contribution is 5.42. The summed E-state index contributed by atoms with van der Waals surface area (Å²) in [5.74, 6) is 1.59. The lowest BCUT2D eigenvalue weighted by molar-refractivity contribution is 0.398. The molecule has 84 valence electrons. The molecule has 0 aliphatic heterocycles. The van der Waals surface area contributed by atoms with Crippen LogP contribution in [-0.4, -0.2) is 37.7 Å². The highest BCUT2D eigenvalue weighted by Crippen LogP contribution is 2.14. The molecule has 0 atom stereocenters. The summed E-state index contributed by atoms with van der Waals surface area (Å²) in [6, 6.07) is 1.62. The minimum atomic E-state index is 0.134. The number of rotatable bonds is 4. The van der Waals surface area contributed by atoms with E-state index in [2.05, 4.69) is 35.9 Å². The number of hydrogen-bond acceptors (Lipinski definition) is 8. The van der Waals surface area contributed by atoms with E-state index >= 15 is 0 Å². The topological polar surface area (TPSA) is 128 Å². The number of H-pyrrole nitrogens is 1. The maximum atomic E-state index is 5.49. The van der Waals surface area contributed by atoms with E-state index in [0.29, 0.717) is 24.1 Å². The van der Waals surface area contributed by atoms with E-state index in [9.17, 15) is 0 Å². The number of methoxy groups -OCH3 is 1. The highest BCUT2D eigenvalue weighted by Gasteiger charge is 2.03. The van der Waals surface area contributed by atoms with E-state index in [-0.39, 0.29) is 5.95 Å². The summed E-state index contributed by atoms with van der Waals surface area (Å²) >= 11 is 0. The number of nitrogen functional groups attached to an aromatic ring is 1. The van der Waals surface area contributed by atoms with Gasteiger partial charge in [0.1, 0.15) is 5.82 Å². The van der Waals surface area contributed by atoms with E-state index < -0.39 is 0 Å². The van der Waals surface area contributed by atoms with Crippen molar-refractivity contribution in [3.8, 4) is 5.88 Å². The zero-order chi connectivity index (χ0) is 11.4. The quantitative estimate of drug-likeness (QED) is 0.613. The van der Waals surface area contributed by atoms with E-state index in [4.69, 9.17) is 10.5 Å². The van der Waals surface area contributed by atoms with Crippen molar-refractivity contribution in [2.45, 2.75) is 6.54 Å². The second-order valence-electron chi connectivity index (χ2n) is 2.84. The fourth-order valence-electron chi connectivity index (χ4n) is 1.06. The number of hydrogen-bond donors (Lipinski definition) is 3. The molecule has 2 aromatic rings. The number of tetrazole rings is 1. The van der Waals surface area contributed by atoms with Crippen molar-refractivity contribution >= 4 is 11.8 Å². The Balaban J connectivity index is 2.06. The van der Waals surface area contributed by atoms with Crippen LogP contribution in [0.5, 0.6) is 5.88 Å².